The Morgan fingerprint density at radius 1 is 0.553 bits per heavy atom. The lowest BCUT2D eigenvalue weighted by atomic mass is 9.82. The molecule has 47 heavy (non-hydrogen) atoms. The number of rotatable bonds is 3. The van der Waals surface area contributed by atoms with E-state index in [9.17, 15) is 0 Å². The Labute approximate surface area is 271 Å². The molecule has 0 N–H and O–H groups in total. The summed E-state index contributed by atoms with van der Waals surface area (Å²) >= 11 is 0. The van der Waals surface area contributed by atoms with Gasteiger partial charge >= 0.3 is 0 Å². The van der Waals surface area contributed by atoms with E-state index in [4.69, 9.17) is 14.4 Å². The Morgan fingerprint density at radius 3 is 2.13 bits per heavy atom. The third-order valence-corrected chi connectivity index (χ3v) is 10.0. The first-order valence-corrected chi connectivity index (χ1v) is 16.1. The largest absolute Gasteiger partial charge is 0.452 e. The minimum Gasteiger partial charge on any atom is -0.452 e. The van der Waals surface area contributed by atoms with E-state index in [2.05, 4.69) is 122 Å². The molecule has 0 saturated carbocycles. The van der Waals surface area contributed by atoms with Crippen LogP contribution >= 0.6 is 0 Å². The topological polar surface area (TPSA) is 43.9 Å². The highest BCUT2D eigenvalue weighted by Crippen LogP contribution is 2.51. The molecule has 4 nitrogen and oxygen atoms in total. The Bertz CT molecular complexity index is 2710. The van der Waals surface area contributed by atoms with Crippen molar-refractivity contribution in [3.8, 4) is 39.5 Å². The first-order chi connectivity index (χ1) is 23.1. The van der Waals surface area contributed by atoms with Crippen LogP contribution in [0.25, 0.3) is 83.3 Å². The fourth-order valence-electron chi connectivity index (χ4n) is 7.78. The molecule has 3 heterocycles. The molecule has 0 amide bonds. The predicted octanol–water partition coefficient (Wildman–Crippen LogP) is 11.1. The molecule has 9 aromatic rings. The van der Waals surface area contributed by atoms with Crippen LogP contribution in [0.4, 0.5) is 0 Å². The zero-order valence-electron chi connectivity index (χ0n) is 26.0. The summed E-state index contributed by atoms with van der Waals surface area (Å²) in [6.07, 6.45) is 0. The van der Waals surface area contributed by atoms with Crippen molar-refractivity contribution in [2.75, 3.05) is 0 Å². The summed E-state index contributed by atoms with van der Waals surface area (Å²) < 4.78 is 8.97. The lowest BCUT2D eigenvalue weighted by Crippen LogP contribution is -2.14. The zero-order chi connectivity index (χ0) is 31.3. The standard InChI is InChI=1S/C43H29N3O/c1-43(2)33-20-10-6-16-27(33)31-25-37-32(24-34(31)43)28-17-7-11-21-35(28)46(37)36-22-12-8-18-29(36)39-41-40(30-19-9-13-23-38(30)47-41)45-42(44-39)26-14-4-3-5-15-26/h3-25H,1-2H3. The molecule has 0 atom stereocenters. The summed E-state index contributed by atoms with van der Waals surface area (Å²) in [4.78, 5) is 10.3. The van der Waals surface area contributed by atoms with Crippen LogP contribution in [-0.2, 0) is 5.41 Å². The van der Waals surface area contributed by atoms with E-state index < -0.39 is 0 Å². The lowest BCUT2D eigenvalue weighted by Gasteiger charge is -2.21. The van der Waals surface area contributed by atoms with Gasteiger partial charge in [0.05, 0.1) is 16.7 Å². The predicted molar refractivity (Wildman–Crippen MR) is 192 cm³/mol. The maximum absolute atomic E-state index is 6.56. The van der Waals surface area contributed by atoms with Crippen molar-refractivity contribution in [2.24, 2.45) is 0 Å². The van der Waals surface area contributed by atoms with Gasteiger partial charge in [0.15, 0.2) is 11.4 Å². The van der Waals surface area contributed by atoms with Crippen LogP contribution in [0, 0.1) is 0 Å². The van der Waals surface area contributed by atoms with Gasteiger partial charge in [-0.2, -0.15) is 0 Å². The number of fused-ring (bicyclic) bond motifs is 9. The van der Waals surface area contributed by atoms with Crippen LogP contribution < -0.4 is 0 Å². The molecule has 6 aromatic carbocycles. The van der Waals surface area contributed by atoms with Crippen molar-refractivity contribution in [1.82, 2.24) is 14.5 Å². The molecule has 3 aromatic heterocycles. The van der Waals surface area contributed by atoms with Gasteiger partial charge in [-0.15, -0.1) is 0 Å². The average molecular weight is 604 g/mol. The Hall–Kier alpha value is -6.00. The fraction of sp³-hybridized carbons (Fsp3) is 0.0698. The molecule has 222 valence electrons. The van der Waals surface area contributed by atoms with E-state index in [0.29, 0.717) is 11.4 Å². The number of hydrogen-bond donors (Lipinski definition) is 0. The minimum absolute atomic E-state index is 0.0804. The Morgan fingerprint density at radius 2 is 1.26 bits per heavy atom. The van der Waals surface area contributed by atoms with Gasteiger partial charge < -0.3 is 8.98 Å². The van der Waals surface area contributed by atoms with E-state index >= 15 is 0 Å². The van der Waals surface area contributed by atoms with Gasteiger partial charge in [0.2, 0.25) is 0 Å². The van der Waals surface area contributed by atoms with Gasteiger partial charge in [0, 0.05) is 32.7 Å². The molecule has 1 aliphatic rings. The summed E-state index contributed by atoms with van der Waals surface area (Å²) in [7, 11) is 0. The first kappa shape index (κ1) is 26.2. The van der Waals surface area contributed by atoms with Gasteiger partial charge in [0.1, 0.15) is 16.8 Å². The number of para-hydroxylation sites is 3. The first-order valence-electron chi connectivity index (χ1n) is 16.1. The summed E-state index contributed by atoms with van der Waals surface area (Å²) in [6.45, 7) is 4.69. The van der Waals surface area contributed by atoms with Crippen molar-refractivity contribution >= 4 is 43.9 Å². The summed E-state index contributed by atoms with van der Waals surface area (Å²) in [5.41, 5.74) is 13.7. The van der Waals surface area contributed by atoms with Crippen LogP contribution in [0.2, 0.25) is 0 Å². The quantitative estimate of drug-likeness (QED) is 0.202. The normalized spacial score (nSPS) is 13.5. The smallest absolute Gasteiger partial charge is 0.180 e. The second-order valence-corrected chi connectivity index (χ2v) is 13.0. The molecule has 1 aliphatic carbocycles. The van der Waals surface area contributed by atoms with Crippen molar-refractivity contribution < 1.29 is 4.42 Å². The number of benzene rings is 6. The highest BCUT2D eigenvalue weighted by molar-refractivity contribution is 6.13. The highest BCUT2D eigenvalue weighted by Gasteiger charge is 2.36. The number of furan rings is 1. The second-order valence-electron chi connectivity index (χ2n) is 13.0. The number of hydrogen-bond acceptors (Lipinski definition) is 3. The van der Waals surface area contributed by atoms with Crippen molar-refractivity contribution in [1.29, 1.82) is 0 Å². The van der Waals surface area contributed by atoms with Gasteiger partial charge in [-0.05, 0) is 58.7 Å². The molecule has 10 rings (SSSR count). The molecule has 0 spiro atoms. The lowest BCUT2D eigenvalue weighted by molar-refractivity contribution is 0.661. The molecule has 0 saturated heterocycles. The van der Waals surface area contributed by atoms with Crippen molar-refractivity contribution in [3.63, 3.8) is 0 Å². The van der Waals surface area contributed by atoms with Gasteiger partial charge in [0.25, 0.3) is 0 Å². The summed E-state index contributed by atoms with van der Waals surface area (Å²) in [6, 6.07) is 49.3. The maximum atomic E-state index is 6.56. The maximum Gasteiger partial charge on any atom is 0.180 e. The monoisotopic (exact) mass is 603 g/mol. The molecule has 0 fully saturated rings. The average Bonchev–Trinajstić information content (AvgIpc) is 3.73. The van der Waals surface area contributed by atoms with Crippen molar-refractivity contribution in [3.05, 3.63) is 151 Å². The zero-order valence-corrected chi connectivity index (χ0v) is 26.0. The van der Waals surface area contributed by atoms with Crippen LogP contribution in [-0.4, -0.2) is 14.5 Å². The Balaban J connectivity index is 1.31. The van der Waals surface area contributed by atoms with Gasteiger partial charge in [-0.25, -0.2) is 9.97 Å². The van der Waals surface area contributed by atoms with Crippen molar-refractivity contribution in [2.45, 2.75) is 19.3 Å². The second kappa shape index (κ2) is 9.51. The molecular weight excluding hydrogens is 574 g/mol. The van der Waals surface area contributed by atoms with Crippen LogP contribution in [0.3, 0.4) is 0 Å². The third-order valence-electron chi connectivity index (χ3n) is 10.0. The minimum atomic E-state index is -0.0804. The fourth-order valence-corrected chi connectivity index (χ4v) is 7.78. The number of aromatic nitrogens is 3. The van der Waals surface area contributed by atoms with E-state index in [1.807, 2.05) is 36.4 Å². The SMILES string of the molecule is CC1(C)c2ccccc2-c2cc3c(cc21)c1ccccc1n3-c1ccccc1-c1nc(-c2ccccc2)nc2c1oc1ccccc12. The summed E-state index contributed by atoms with van der Waals surface area (Å²) in [5, 5.41) is 3.46. The molecule has 4 heteroatoms. The van der Waals surface area contributed by atoms with Crippen LogP contribution in [0.15, 0.2) is 144 Å². The molecule has 0 aliphatic heterocycles. The molecule has 0 unspecified atom stereocenters. The van der Waals surface area contributed by atoms with E-state index in [1.54, 1.807) is 0 Å². The van der Waals surface area contributed by atoms with Crippen LogP contribution in [0.5, 0.6) is 0 Å². The molecule has 0 radical (unpaired) electrons. The third kappa shape index (κ3) is 3.64. The van der Waals surface area contributed by atoms with Crippen LogP contribution in [0.1, 0.15) is 25.0 Å². The summed E-state index contributed by atoms with van der Waals surface area (Å²) in [5.74, 6) is 0.674. The van der Waals surface area contributed by atoms with E-state index in [0.717, 1.165) is 44.5 Å². The molecular formula is C43H29N3O. The van der Waals surface area contributed by atoms with E-state index in [1.165, 1.54) is 38.5 Å². The number of nitrogens with zero attached hydrogens (tertiary/aromatic N) is 3. The van der Waals surface area contributed by atoms with Gasteiger partial charge in [-0.3, -0.25) is 0 Å². The Kier molecular flexibility index (Phi) is 5.31. The van der Waals surface area contributed by atoms with E-state index in [-0.39, 0.29) is 5.41 Å². The highest BCUT2D eigenvalue weighted by atomic mass is 16.3. The molecule has 0 bridgehead atoms. The van der Waals surface area contributed by atoms with Gasteiger partial charge in [-0.1, -0.05) is 117 Å².